The van der Waals surface area contributed by atoms with Gasteiger partial charge in [0.25, 0.3) is 5.89 Å². The average Bonchev–Trinajstić information content (AvgIpc) is 3.62. The molecule has 3 heterocycles. The zero-order valence-electron chi connectivity index (χ0n) is 19.6. The van der Waals surface area contributed by atoms with Gasteiger partial charge in [0.2, 0.25) is 21.8 Å². The number of amides is 1. The van der Waals surface area contributed by atoms with Crippen molar-refractivity contribution in [2.24, 2.45) is 5.92 Å². The van der Waals surface area contributed by atoms with Gasteiger partial charge in [-0.3, -0.25) is 4.79 Å². The first-order chi connectivity index (χ1) is 17.0. The summed E-state index contributed by atoms with van der Waals surface area (Å²) in [5.41, 5.74) is 1.38. The summed E-state index contributed by atoms with van der Waals surface area (Å²) in [6, 6.07) is 13.8. The van der Waals surface area contributed by atoms with Gasteiger partial charge in [0.05, 0.1) is 12.0 Å². The summed E-state index contributed by atoms with van der Waals surface area (Å²) < 4.78 is 38.5. The van der Waals surface area contributed by atoms with Crippen molar-refractivity contribution < 1.29 is 22.5 Å². The molecule has 2 aliphatic rings. The topological polar surface area (TPSA) is 106 Å². The van der Waals surface area contributed by atoms with Crippen molar-refractivity contribution in [3.63, 3.8) is 0 Å². The smallest absolute Gasteiger partial charge is 0.258 e. The molecule has 10 heteroatoms. The van der Waals surface area contributed by atoms with E-state index in [-0.39, 0.29) is 16.7 Å². The van der Waals surface area contributed by atoms with Crippen LogP contribution in [0.1, 0.15) is 25.7 Å². The summed E-state index contributed by atoms with van der Waals surface area (Å²) in [5, 5.41) is 4.03. The lowest BCUT2D eigenvalue weighted by atomic mass is 9.97. The van der Waals surface area contributed by atoms with Gasteiger partial charge in [-0.25, -0.2) is 8.42 Å². The molecule has 0 N–H and O–H groups in total. The highest BCUT2D eigenvalue weighted by atomic mass is 32.2. The number of nitrogens with zero attached hydrogens (tertiary/aromatic N) is 4. The lowest BCUT2D eigenvalue weighted by molar-refractivity contribution is -0.135. The van der Waals surface area contributed by atoms with Gasteiger partial charge in [-0.1, -0.05) is 11.2 Å². The van der Waals surface area contributed by atoms with Crippen molar-refractivity contribution >= 4 is 15.9 Å². The molecule has 1 amide bonds. The molecule has 5 rings (SSSR count). The molecule has 0 atom stereocenters. The molecular weight excluding hydrogens is 468 g/mol. The number of ether oxygens (including phenoxy) is 1. The molecule has 2 aromatic carbocycles. The number of benzene rings is 2. The lowest BCUT2D eigenvalue weighted by Crippen LogP contribution is -2.43. The fourth-order valence-corrected chi connectivity index (χ4v) is 6.15. The summed E-state index contributed by atoms with van der Waals surface area (Å²) in [4.78, 5) is 19.2. The lowest BCUT2D eigenvalue weighted by Gasteiger charge is -2.32. The Morgan fingerprint density at radius 1 is 1.00 bits per heavy atom. The number of methoxy groups -OCH3 is 1. The fourth-order valence-electron chi connectivity index (χ4n) is 4.68. The van der Waals surface area contributed by atoms with E-state index in [2.05, 4.69) is 10.1 Å². The second-order valence-corrected chi connectivity index (χ2v) is 10.8. The highest BCUT2D eigenvalue weighted by molar-refractivity contribution is 7.89. The van der Waals surface area contributed by atoms with Gasteiger partial charge in [-0.05, 0) is 68.1 Å². The minimum Gasteiger partial charge on any atom is -0.497 e. The first kappa shape index (κ1) is 23.5. The Labute approximate surface area is 204 Å². The quantitative estimate of drug-likeness (QED) is 0.515. The molecule has 0 aliphatic carbocycles. The molecule has 0 saturated carbocycles. The summed E-state index contributed by atoms with van der Waals surface area (Å²) in [7, 11) is -2.06. The van der Waals surface area contributed by atoms with E-state index in [1.165, 1.54) is 4.31 Å². The van der Waals surface area contributed by atoms with Crippen molar-refractivity contribution in [1.82, 2.24) is 19.3 Å². The standard InChI is InChI=1S/C25H28N4O5S/c1-33-21-6-4-5-20(17-21)24-26-23(27-34-24)18-7-9-22(10-8-18)35(31,32)29-15-11-19(12-16-29)25(30)28-13-2-3-14-28/h4-10,17,19H,2-3,11-16H2,1H3. The van der Waals surface area contributed by atoms with E-state index in [0.29, 0.717) is 49.0 Å². The van der Waals surface area contributed by atoms with Crippen LogP contribution in [0.3, 0.4) is 0 Å². The number of likely N-dealkylation sites (tertiary alicyclic amines) is 1. The summed E-state index contributed by atoms with van der Waals surface area (Å²) in [6.45, 7) is 2.35. The molecular formula is C25H28N4O5S. The molecule has 0 radical (unpaired) electrons. The number of piperidine rings is 1. The highest BCUT2D eigenvalue weighted by Crippen LogP contribution is 2.29. The number of hydrogen-bond acceptors (Lipinski definition) is 7. The van der Waals surface area contributed by atoms with E-state index in [4.69, 9.17) is 9.26 Å². The number of sulfonamides is 1. The minimum absolute atomic E-state index is 0.0843. The van der Waals surface area contributed by atoms with Crippen LogP contribution in [-0.2, 0) is 14.8 Å². The normalized spacial score (nSPS) is 17.6. The van der Waals surface area contributed by atoms with E-state index in [1.807, 2.05) is 23.1 Å². The molecule has 0 spiro atoms. The van der Waals surface area contributed by atoms with Crippen molar-refractivity contribution in [3.05, 3.63) is 48.5 Å². The van der Waals surface area contributed by atoms with Crippen LogP contribution >= 0.6 is 0 Å². The van der Waals surface area contributed by atoms with Crippen LogP contribution < -0.4 is 4.74 Å². The molecule has 1 aromatic heterocycles. The van der Waals surface area contributed by atoms with Crippen LogP contribution in [0.2, 0.25) is 0 Å². The van der Waals surface area contributed by atoms with E-state index in [0.717, 1.165) is 31.5 Å². The number of hydrogen-bond donors (Lipinski definition) is 0. The molecule has 35 heavy (non-hydrogen) atoms. The maximum atomic E-state index is 13.2. The molecule has 0 bridgehead atoms. The van der Waals surface area contributed by atoms with Crippen molar-refractivity contribution in [2.75, 3.05) is 33.3 Å². The number of rotatable bonds is 6. The summed E-state index contributed by atoms with van der Waals surface area (Å²) >= 11 is 0. The molecule has 9 nitrogen and oxygen atoms in total. The van der Waals surface area contributed by atoms with Gasteiger partial charge >= 0.3 is 0 Å². The third-order valence-corrected chi connectivity index (χ3v) is 8.63. The van der Waals surface area contributed by atoms with Gasteiger partial charge in [0.15, 0.2) is 0 Å². The van der Waals surface area contributed by atoms with Gasteiger partial charge < -0.3 is 14.2 Å². The van der Waals surface area contributed by atoms with Crippen molar-refractivity contribution in [2.45, 2.75) is 30.6 Å². The highest BCUT2D eigenvalue weighted by Gasteiger charge is 2.34. The van der Waals surface area contributed by atoms with Gasteiger partial charge in [0, 0.05) is 43.2 Å². The molecule has 0 unspecified atom stereocenters. The Morgan fingerprint density at radius 3 is 2.40 bits per heavy atom. The molecule has 2 fully saturated rings. The second kappa shape index (κ2) is 9.79. The Bertz CT molecular complexity index is 1290. The van der Waals surface area contributed by atoms with Crippen LogP contribution in [0.25, 0.3) is 22.8 Å². The molecule has 2 aliphatic heterocycles. The monoisotopic (exact) mass is 496 g/mol. The summed E-state index contributed by atoms with van der Waals surface area (Å²) in [5.74, 6) is 1.49. The first-order valence-corrected chi connectivity index (χ1v) is 13.3. The number of aromatic nitrogens is 2. The Kier molecular flexibility index (Phi) is 6.57. The third kappa shape index (κ3) is 4.81. The van der Waals surface area contributed by atoms with Crippen LogP contribution in [0.4, 0.5) is 0 Å². The SMILES string of the molecule is COc1cccc(-c2nc(-c3ccc(S(=O)(=O)N4CCC(C(=O)N5CCCC5)CC4)cc3)no2)c1. The van der Waals surface area contributed by atoms with Gasteiger partial charge in [-0.2, -0.15) is 9.29 Å². The van der Waals surface area contributed by atoms with Crippen LogP contribution in [0.15, 0.2) is 57.9 Å². The minimum atomic E-state index is -3.64. The van der Waals surface area contributed by atoms with E-state index in [9.17, 15) is 13.2 Å². The second-order valence-electron chi connectivity index (χ2n) is 8.89. The van der Waals surface area contributed by atoms with Crippen LogP contribution in [-0.4, -0.2) is 67.0 Å². The van der Waals surface area contributed by atoms with Gasteiger partial charge in [0.1, 0.15) is 5.75 Å². The summed E-state index contributed by atoms with van der Waals surface area (Å²) in [6.07, 6.45) is 3.23. The maximum Gasteiger partial charge on any atom is 0.258 e. The van der Waals surface area contributed by atoms with Crippen LogP contribution in [0, 0.1) is 5.92 Å². The zero-order chi connectivity index (χ0) is 24.4. The maximum absolute atomic E-state index is 13.2. The average molecular weight is 497 g/mol. The van der Waals surface area contributed by atoms with Crippen molar-refractivity contribution in [1.29, 1.82) is 0 Å². The van der Waals surface area contributed by atoms with Crippen LogP contribution in [0.5, 0.6) is 5.75 Å². The molecule has 2 saturated heterocycles. The molecule has 184 valence electrons. The Balaban J connectivity index is 1.25. The third-order valence-electron chi connectivity index (χ3n) is 6.71. The first-order valence-electron chi connectivity index (χ1n) is 11.8. The van der Waals surface area contributed by atoms with E-state index < -0.39 is 10.0 Å². The van der Waals surface area contributed by atoms with Gasteiger partial charge in [-0.15, -0.1) is 0 Å². The fraction of sp³-hybridized carbons (Fsp3) is 0.400. The predicted octanol–water partition coefficient (Wildman–Crippen LogP) is 3.44. The largest absolute Gasteiger partial charge is 0.497 e. The Morgan fingerprint density at radius 2 is 1.71 bits per heavy atom. The number of carbonyl (C=O) groups is 1. The predicted molar refractivity (Wildman–Crippen MR) is 129 cm³/mol. The molecule has 3 aromatic rings. The Hall–Kier alpha value is -3.24. The van der Waals surface area contributed by atoms with E-state index in [1.54, 1.807) is 37.4 Å². The van der Waals surface area contributed by atoms with Crippen molar-refractivity contribution in [3.8, 4) is 28.6 Å². The van der Waals surface area contributed by atoms with E-state index >= 15 is 0 Å². The number of carbonyl (C=O) groups excluding carboxylic acids is 1. The zero-order valence-corrected chi connectivity index (χ0v) is 20.4.